The molecule has 1 aromatic rings. The molecule has 0 aromatic heterocycles. The minimum atomic E-state index is -1.07. The van der Waals surface area contributed by atoms with Gasteiger partial charge in [0, 0.05) is 10.0 Å². The van der Waals surface area contributed by atoms with Crippen LogP contribution in [0.4, 0.5) is 0 Å². The Morgan fingerprint density at radius 2 is 2.06 bits per heavy atom. The van der Waals surface area contributed by atoms with Crippen LogP contribution in [0.2, 0.25) is 0 Å². The normalized spacial score (nSPS) is 16.4. The lowest BCUT2D eigenvalue weighted by atomic mass is 10.1. The molecule has 0 amide bonds. The first-order chi connectivity index (χ1) is 7.88. The van der Waals surface area contributed by atoms with Crippen molar-refractivity contribution in [2.24, 2.45) is 0 Å². The SMILES string of the molecule is CC(C)(C)[S@@](=O)NC1=CCc2ccc(Br)cc21. The highest BCUT2D eigenvalue weighted by atomic mass is 79.9. The van der Waals surface area contributed by atoms with Crippen molar-refractivity contribution in [3.63, 3.8) is 0 Å². The Morgan fingerprint density at radius 3 is 2.71 bits per heavy atom. The third-order valence-electron chi connectivity index (χ3n) is 2.65. The molecule has 4 heteroatoms. The van der Waals surface area contributed by atoms with Gasteiger partial charge in [0.1, 0.15) is 11.0 Å². The second-order valence-electron chi connectivity index (χ2n) is 5.11. The molecule has 0 radical (unpaired) electrons. The molecule has 1 N–H and O–H groups in total. The van der Waals surface area contributed by atoms with Crippen molar-refractivity contribution >= 4 is 32.6 Å². The number of hydrogen-bond acceptors (Lipinski definition) is 1. The van der Waals surface area contributed by atoms with Gasteiger partial charge in [-0.3, -0.25) is 0 Å². The summed E-state index contributed by atoms with van der Waals surface area (Å²) in [6.45, 7) is 5.90. The van der Waals surface area contributed by atoms with Gasteiger partial charge in [-0.2, -0.15) is 0 Å². The van der Waals surface area contributed by atoms with Crippen LogP contribution in [0.25, 0.3) is 5.70 Å². The maximum absolute atomic E-state index is 12.1. The van der Waals surface area contributed by atoms with E-state index in [1.165, 1.54) is 5.56 Å². The zero-order valence-corrected chi connectivity index (χ0v) is 12.6. The van der Waals surface area contributed by atoms with E-state index in [9.17, 15) is 4.21 Å². The van der Waals surface area contributed by atoms with E-state index >= 15 is 0 Å². The highest BCUT2D eigenvalue weighted by molar-refractivity contribution is 9.10. The topological polar surface area (TPSA) is 29.1 Å². The van der Waals surface area contributed by atoms with Gasteiger partial charge in [-0.15, -0.1) is 0 Å². The fourth-order valence-electron chi connectivity index (χ4n) is 1.65. The molecular weight excluding hydrogens is 298 g/mol. The van der Waals surface area contributed by atoms with Gasteiger partial charge >= 0.3 is 0 Å². The van der Waals surface area contributed by atoms with Gasteiger partial charge in [0.15, 0.2) is 0 Å². The quantitative estimate of drug-likeness (QED) is 0.891. The van der Waals surface area contributed by atoms with E-state index in [1.807, 2.05) is 26.8 Å². The van der Waals surface area contributed by atoms with E-state index < -0.39 is 11.0 Å². The van der Waals surface area contributed by atoms with Crippen molar-refractivity contribution in [1.82, 2.24) is 4.72 Å². The Labute approximate surface area is 113 Å². The fraction of sp³-hybridized carbons (Fsp3) is 0.385. The highest BCUT2D eigenvalue weighted by Gasteiger charge is 2.23. The second-order valence-corrected chi connectivity index (χ2v) is 7.99. The van der Waals surface area contributed by atoms with Crippen LogP contribution in [-0.4, -0.2) is 8.96 Å². The third kappa shape index (κ3) is 2.80. The van der Waals surface area contributed by atoms with Crippen LogP contribution in [0.3, 0.4) is 0 Å². The molecule has 1 aliphatic rings. The van der Waals surface area contributed by atoms with E-state index in [0.29, 0.717) is 0 Å². The summed E-state index contributed by atoms with van der Waals surface area (Å²) in [5, 5.41) is 0. The molecule has 0 aliphatic heterocycles. The maximum atomic E-state index is 12.1. The molecular formula is C13H16BrNOS. The molecule has 2 nitrogen and oxygen atoms in total. The van der Waals surface area contributed by atoms with Gasteiger partial charge in [0.2, 0.25) is 0 Å². The molecule has 92 valence electrons. The first-order valence-electron chi connectivity index (χ1n) is 5.55. The van der Waals surface area contributed by atoms with Crippen LogP contribution in [0.5, 0.6) is 0 Å². The van der Waals surface area contributed by atoms with E-state index in [1.54, 1.807) is 0 Å². The number of allylic oxidation sites excluding steroid dienone is 1. The minimum absolute atomic E-state index is 0.254. The van der Waals surface area contributed by atoms with E-state index in [4.69, 9.17) is 0 Å². The summed E-state index contributed by atoms with van der Waals surface area (Å²) in [6, 6.07) is 6.21. The fourth-order valence-corrected chi connectivity index (χ4v) is 2.71. The number of benzene rings is 1. The van der Waals surface area contributed by atoms with Crippen LogP contribution >= 0.6 is 15.9 Å². The number of fused-ring (bicyclic) bond motifs is 1. The summed E-state index contributed by atoms with van der Waals surface area (Å²) < 4.78 is 16.0. The standard InChI is InChI=1S/C13H16BrNOS/c1-13(2,3)17(16)15-12-7-5-9-4-6-10(14)8-11(9)12/h4,6-8,15H,5H2,1-3H3/t17-/m1/s1. The monoisotopic (exact) mass is 313 g/mol. The van der Waals surface area contributed by atoms with Gasteiger partial charge in [0.25, 0.3) is 0 Å². The second kappa shape index (κ2) is 4.58. The van der Waals surface area contributed by atoms with Crippen molar-refractivity contribution in [3.05, 3.63) is 39.9 Å². The zero-order chi connectivity index (χ0) is 12.6. The van der Waals surface area contributed by atoms with Gasteiger partial charge in [0.05, 0.1) is 10.4 Å². The Balaban J connectivity index is 2.23. The molecule has 17 heavy (non-hydrogen) atoms. The Morgan fingerprint density at radius 1 is 1.35 bits per heavy atom. The average molecular weight is 314 g/mol. The highest BCUT2D eigenvalue weighted by Crippen LogP contribution is 2.29. The van der Waals surface area contributed by atoms with Gasteiger partial charge in [-0.25, -0.2) is 4.21 Å². The molecule has 1 aliphatic carbocycles. The molecule has 1 atom stereocenters. The number of nitrogens with one attached hydrogen (secondary N) is 1. The molecule has 2 rings (SSSR count). The summed E-state index contributed by atoms with van der Waals surface area (Å²) in [5.74, 6) is 0. The molecule has 0 saturated carbocycles. The molecule has 0 unspecified atom stereocenters. The van der Waals surface area contributed by atoms with Crippen molar-refractivity contribution in [2.75, 3.05) is 0 Å². The number of hydrogen-bond donors (Lipinski definition) is 1. The van der Waals surface area contributed by atoms with Gasteiger partial charge in [-0.1, -0.05) is 28.1 Å². The molecule has 0 heterocycles. The average Bonchev–Trinajstić information content (AvgIpc) is 2.60. The van der Waals surface area contributed by atoms with Crippen LogP contribution in [0, 0.1) is 0 Å². The lowest BCUT2D eigenvalue weighted by molar-refractivity contribution is 0.645. The lowest BCUT2D eigenvalue weighted by Gasteiger charge is -2.19. The van der Waals surface area contributed by atoms with E-state index in [0.717, 1.165) is 22.2 Å². The van der Waals surface area contributed by atoms with Crippen molar-refractivity contribution in [3.8, 4) is 0 Å². The zero-order valence-electron chi connectivity index (χ0n) is 10.2. The van der Waals surface area contributed by atoms with Crippen LogP contribution in [-0.2, 0) is 17.4 Å². The molecule has 0 bridgehead atoms. The summed E-state index contributed by atoms with van der Waals surface area (Å²) >= 11 is 3.47. The molecule has 1 aromatic carbocycles. The molecule has 0 spiro atoms. The smallest absolute Gasteiger partial charge is 0.122 e. The first kappa shape index (κ1) is 12.8. The van der Waals surface area contributed by atoms with E-state index in [-0.39, 0.29) is 4.75 Å². The Kier molecular flexibility index (Phi) is 3.46. The molecule has 0 fully saturated rings. The number of rotatable bonds is 2. The predicted molar refractivity (Wildman–Crippen MR) is 76.9 cm³/mol. The maximum Gasteiger partial charge on any atom is 0.122 e. The van der Waals surface area contributed by atoms with Crippen LogP contribution in [0.15, 0.2) is 28.7 Å². The van der Waals surface area contributed by atoms with Gasteiger partial charge in [-0.05, 0) is 44.9 Å². The van der Waals surface area contributed by atoms with Crippen LogP contribution in [0.1, 0.15) is 31.9 Å². The summed E-state index contributed by atoms with van der Waals surface area (Å²) in [7, 11) is -1.07. The Bertz CT molecular complexity index is 503. The third-order valence-corrected chi connectivity index (χ3v) is 4.66. The predicted octanol–water partition coefficient (Wildman–Crippen LogP) is 3.40. The lowest BCUT2D eigenvalue weighted by Crippen LogP contribution is -2.32. The number of halogens is 1. The summed E-state index contributed by atoms with van der Waals surface area (Å²) in [6.07, 6.45) is 3.01. The van der Waals surface area contributed by atoms with Crippen LogP contribution < -0.4 is 4.72 Å². The van der Waals surface area contributed by atoms with Crippen molar-refractivity contribution in [1.29, 1.82) is 0 Å². The largest absolute Gasteiger partial charge is 0.304 e. The minimum Gasteiger partial charge on any atom is -0.304 e. The van der Waals surface area contributed by atoms with Crippen molar-refractivity contribution < 1.29 is 4.21 Å². The Hall–Kier alpha value is -0.610. The molecule has 0 saturated heterocycles. The summed E-state index contributed by atoms with van der Waals surface area (Å²) in [4.78, 5) is 0. The summed E-state index contributed by atoms with van der Waals surface area (Å²) in [5.41, 5.74) is 3.41. The first-order valence-corrected chi connectivity index (χ1v) is 7.50. The van der Waals surface area contributed by atoms with E-state index in [2.05, 4.69) is 38.9 Å². The van der Waals surface area contributed by atoms with Gasteiger partial charge < -0.3 is 4.72 Å². The van der Waals surface area contributed by atoms with Crippen molar-refractivity contribution in [2.45, 2.75) is 31.9 Å².